The Hall–Kier alpha value is -3.32. The maximum Gasteiger partial charge on any atom is 0.303 e. The van der Waals surface area contributed by atoms with Crippen molar-refractivity contribution in [2.75, 3.05) is 26.7 Å². The third kappa shape index (κ3) is 10.1. The van der Waals surface area contributed by atoms with Crippen LogP contribution in [0.25, 0.3) is 0 Å². The first kappa shape index (κ1) is 31.9. The first-order valence-corrected chi connectivity index (χ1v) is 12.9. The van der Waals surface area contributed by atoms with Crippen molar-refractivity contribution in [2.24, 2.45) is 11.3 Å². The van der Waals surface area contributed by atoms with E-state index in [0.717, 1.165) is 11.8 Å². The number of nitrogens with zero attached hydrogens (tertiary/aromatic N) is 1. The zero-order chi connectivity index (χ0) is 29.5. The molecule has 3 unspecified atom stereocenters. The lowest BCUT2D eigenvalue weighted by atomic mass is 9.87. The Bertz CT molecular complexity index is 961. The molecule has 5 amide bonds. The van der Waals surface area contributed by atoms with Gasteiger partial charge < -0.3 is 30.9 Å². The van der Waals surface area contributed by atoms with Crippen LogP contribution in [0.3, 0.4) is 0 Å². The molecule has 0 aromatic carbocycles. The van der Waals surface area contributed by atoms with Gasteiger partial charge >= 0.3 is 5.97 Å². The Labute approximate surface area is 226 Å². The number of alkyl halides is 2. The molecule has 4 N–H and O–H groups in total. The van der Waals surface area contributed by atoms with Gasteiger partial charge in [0.1, 0.15) is 0 Å². The minimum atomic E-state index is -2.90. The number of hydrogen-bond donors (Lipinski definition) is 4. The molecule has 0 radical (unpaired) electrons. The average molecular weight is 560 g/mol. The maximum atomic E-state index is 13.3. The van der Waals surface area contributed by atoms with E-state index in [0.29, 0.717) is 19.4 Å². The zero-order valence-corrected chi connectivity index (χ0v) is 23.0. The first-order valence-electron chi connectivity index (χ1n) is 12.9. The fourth-order valence-corrected chi connectivity index (χ4v) is 4.28. The number of rotatable bonds is 11. The standard InChI is InChI=1S/C25H39F2N5O7/c1-14(33)39-20(22(37)30-16-10-25(26,27)11-16)17(9-15-7-6-8-28-21(15)36)31-18(34)13-32(5)19(35)12-29-23(38)24(2,3)4/h15-17,20H,6-13H2,1-5H3,(H,28,36)(H,29,38)(H,30,37)(H,31,34). The molecule has 39 heavy (non-hydrogen) atoms. The third-order valence-corrected chi connectivity index (χ3v) is 6.53. The maximum absolute atomic E-state index is 13.3. The third-order valence-electron chi connectivity index (χ3n) is 6.53. The van der Waals surface area contributed by atoms with Crippen LogP contribution in [0.5, 0.6) is 0 Å². The fraction of sp³-hybridized carbons (Fsp3) is 0.760. The average Bonchev–Trinajstić information content (AvgIpc) is 2.79. The van der Waals surface area contributed by atoms with Crippen molar-refractivity contribution in [3.05, 3.63) is 0 Å². The molecule has 2 fully saturated rings. The molecule has 0 aromatic rings. The van der Waals surface area contributed by atoms with Crippen molar-refractivity contribution < 1.29 is 42.3 Å². The highest BCUT2D eigenvalue weighted by Gasteiger charge is 2.47. The van der Waals surface area contributed by atoms with Gasteiger partial charge in [0.25, 0.3) is 11.8 Å². The van der Waals surface area contributed by atoms with Crippen molar-refractivity contribution in [3.63, 3.8) is 0 Å². The highest BCUT2D eigenvalue weighted by Crippen LogP contribution is 2.37. The smallest absolute Gasteiger partial charge is 0.303 e. The molecule has 0 bridgehead atoms. The second kappa shape index (κ2) is 13.2. The summed E-state index contributed by atoms with van der Waals surface area (Å²) >= 11 is 0. The fourth-order valence-electron chi connectivity index (χ4n) is 4.28. The summed E-state index contributed by atoms with van der Waals surface area (Å²) in [5, 5.41) is 10.2. The van der Waals surface area contributed by atoms with E-state index in [-0.39, 0.29) is 24.8 Å². The number of carbonyl (C=O) groups is 6. The number of likely N-dealkylation sites (N-methyl/N-ethyl adjacent to an activating group) is 1. The van der Waals surface area contributed by atoms with Gasteiger partial charge in [0.2, 0.25) is 23.6 Å². The van der Waals surface area contributed by atoms with Crippen LogP contribution >= 0.6 is 0 Å². The van der Waals surface area contributed by atoms with Crippen LogP contribution in [0.2, 0.25) is 0 Å². The summed E-state index contributed by atoms with van der Waals surface area (Å²) in [5.74, 6) is -7.12. The van der Waals surface area contributed by atoms with E-state index in [2.05, 4.69) is 21.3 Å². The van der Waals surface area contributed by atoms with Gasteiger partial charge in [0.15, 0.2) is 6.10 Å². The number of amides is 5. The highest BCUT2D eigenvalue weighted by molar-refractivity contribution is 5.90. The summed E-state index contributed by atoms with van der Waals surface area (Å²) in [7, 11) is 1.35. The summed E-state index contributed by atoms with van der Waals surface area (Å²) < 4.78 is 31.8. The Morgan fingerprint density at radius 3 is 2.36 bits per heavy atom. The first-order chi connectivity index (χ1) is 18.0. The predicted octanol–water partition coefficient (Wildman–Crippen LogP) is -0.146. The summed E-state index contributed by atoms with van der Waals surface area (Å²) in [5.41, 5.74) is -0.712. The van der Waals surface area contributed by atoms with Crippen LogP contribution in [-0.2, 0) is 33.5 Å². The molecule has 0 aromatic heterocycles. The molecule has 1 saturated heterocycles. The van der Waals surface area contributed by atoms with Crippen molar-refractivity contribution in [3.8, 4) is 0 Å². The van der Waals surface area contributed by atoms with Crippen molar-refractivity contribution >= 4 is 35.5 Å². The van der Waals surface area contributed by atoms with Crippen LogP contribution in [0, 0.1) is 11.3 Å². The van der Waals surface area contributed by atoms with E-state index in [1.165, 1.54) is 7.05 Å². The molecule has 14 heteroatoms. The molecule has 1 heterocycles. The van der Waals surface area contributed by atoms with Gasteiger partial charge in [-0.15, -0.1) is 0 Å². The Balaban J connectivity index is 2.12. The van der Waals surface area contributed by atoms with E-state index in [4.69, 9.17) is 4.74 Å². The second-order valence-corrected chi connectivity index (χ2v) is 11.2. The zero-order valence-electron chi connectivity index (χ0n) is 23.0. The number of esters is 1. The van der Waals surface area contributed by atoms with Crippen LogP contribution < -0.4 is 21.3 Å². The molecule has 1 aliphatic carbocycles. The quantitative estimate of drug-likeness (QED) is 0.256. The van der Waals surface area contributed by atoms with Crippen molar-refractivity contribution in [2.45, 2.75) is 83.9 Å². The Morgan fingerprint density at radius 1 is 1.18 bits per heavy atom. The van der Waals surface area contributed by atoms with E-state index in [1.54, 1.807) is 20.8 Å². The number of carbonyl (C=O) groups excluding carboxylic acids is 6. The predicted molar refractivity (Wildman–Crippen MR) is 134 cm³/mol. The molecule has 1 aliphatic heterocycles. The minimum Gasteiger partial charge on any atom is -0.450 e. The number of nitrogens with one attached hydrogen (secondary N) is 4. The molecule has 2 aliphatic rings. The van der Waals surface area contributed by atoms with Gasteiger partial charge in [-0.05, 0) is 19.3 Å². The largest absolute Gasteiger partial charge is 0.450 e. The Morgan fingerprint density at radius 2 is 1.82 bits per heavy atom. The van der Waals surface area contributed by atoms with Crippen LogP contribution in [0.1, 0.15) is 59.8 Å². The summed E-state index contributed by atoms with van der Waals surface area (Å²) in [4.78, 5) is 75.7. The summed E-state index contributed by atoms with van der Waals surface area (Å²) in [6, 6.07) is -2.01. The monoisotopic (exact) mass is 559 g/mol. The topological polar surface area (TPSA) is 163 Å². The normalized spacial score (nSPS) is 20.4. The number of ether oxygens (including phenoxy) is 1. The number of piperidine rings is 1. The number of halogens is 2. The molecular formula is C25H39F2N5O7. The highest BCUT2D eigenvalue weighted by atomic mass is 19.3. The van der Waals surface area contributed by atoms with E-state index >= 15 is 0 Å². The molecule has 12 nitrogen and oxygen atoms in total. The second-order valence-electron chi connectivity index (χ2n) is 11.2. The summed E-state index contributed by atoms with van der Waals surface area (Å²) in [6.45, 7) is 5.79. The van der Waals surface area contributed by atoms with E-state index in [9.17, 15) is 37.5 Å². The van der Waals surface area contributed by atoms with Crippen LogP contribution in [0.15, 0.2) is 0 Å². The number of hydrogen-bond acceptors (Lipinski definition) is 7. The van der Waals surface area contributed by atoms with Gasteiger partial charge in [-0.1, -0.05) is 20.8 Å². The lowest BCUT2D eigenvalue weighted by Crippen LogP contribution is -2.59. The van der Waals surface area contributed by atoms with E-state index < -0.39 is 78.5 Å². The van der Waals surface area contributed by atoms with Gasteiger partial charge in [0, 0.05) is 50.7 Å². The summed E-state index contributed by atoms with van der Waals surface area (Å²) in [6.07, 6.45) is -1.66. The van der Waals surface area contributed by atoms with Gasteiger partial charge in [-0.3, -0.25) is 28.8 Å². The van der Waals surface area contributed by atoms with Gasteiger partial charge in [-0.2, -0.15) is 0 Å². The van der Waals surface area contributed by atoms with Crippen LogP contribution in [0.4, 0.5) is 8.78 Å². The lowest BCUT2D eigenvalue weighted by molar-refractivity contribution is -0.159. The Kier molecular flexibility index (Phi) is 10.8. The molecule has 1 saturated carbocycles. The lowest BCUT2D eigenvalue weighted by Gasteiger charge is -2.37. The van der Waals surface area contributed by atoms with Gasteiger partial charge in [-0.25, -0.2) is 8.78 Å². The van der Waals surface area contributed by atoms with E-state index in [1.807, 2.05) is 0 Å². The van der Waals surface area contributed by atoms with Crippen molar-refractivity contribution in [1.82, 2.24) is 26.2 Å². The van der Waals surface area contributed by atoms with Crippen molar-refractivity contribution in [1.29, 1.82) is 0 Å². The van der Waals surface area contributed by atoms with Crippen LogP contribution in [-0.4, -0.2) is 91.2 Å². The molecule has 3 atom stereocenters. The molecular weight excluding hydrogens is 520 g/mol. The van der Waals surface area contributed by atoms with Gasteiger partial charge in [0.05, 0.1) is 19.1 Å². The SMILES string of the molecule is CC(=O)OC(C(=O)NC1CC(F)(F)C1)C(CC1CCCNC1=O)NC(=O)CN(C)C(=O)CNC(=O)C(C)(C)C. The molecule has 2 rings (SSSR count). The molecule has 0 spiro atoms. The minimum absolute atomic E-state index is 0.0664. The molecule has 220 valence electrons.